The van der Waals surface area contributed by atoms with E-state index in [4.69, 9.17) is 15.0 Å². The Labute approximate surface area is 106 Å². The average Bonchev–Trinajstić information content (AvgIpc) is 2.76. The second kappa shape index (κ2) is 5.08. The van der Waals surface area contributed by atoms with Crippen molar-refractivity contribution in [3.63, 3.8) is 0 Å². The van der Waals surface area contributed by atoms with E-state index < -0.39 is 0 Å². The molecule has 96 valence electrons. The minimum absolute atomic E-state index is 0.486. The number of nitrogens with two attached hydrogens (primary N) is 1. The number of rotatable bonds is 4. The zero-order chi connectivity index (χ0) is 13.1. The molecule has 0 saturated carbocycles. The third-order valence-corrected chi connectivity index (χ3v) is 2.54. The lowest BCUT2D eigenvalue weighted by atomic mass is 10.1. The van der Waals surface area contributed by atoms with Gasteiger partial charge < -0.3 is 15.0 Å². The summed E-state index contributed by atoms with van der Waals surface area (Å²) in [4.78, 5) is 4.34. The number of hydrogen-bond acceptors (Lipinski definition) is 5. The van der Waals surface area contributed by atoms with Gasteiger partial charge in [0.1, 0.15) is 5.75 Å². The number of benzene rings is 1. The lowest BCUT2D eigenvalue weighted by molar-refractivity contribution is 0.414. The number of nitrogen functional groups attached to an aromatic ring is 1. The van der Waals surface area contributed by atoms with Crippen LogP contribution in [0.3, 0.4) is 0 Å². The minimum Gasteiger partial charge on any atom is -0.495 e. The lowest BCUT2D eigenvalue weighted by Crippen LogP contribution is -1.96. The summed E-state index contributed by atoms with van der Waals surface area (Å²) < 4.78 is 10.3. The second-order valence-electron chi connectivity index (χ2n) is 4.57. The molecule has 1 aromatic carbocycles. The molecule has 2 aromatic rings. The van der Waals surface area contributed by atoms with Gasteiger partial charge in [-0.25, -0.2) is 0 Å². The van der Waals surface area contributed by atoms with Gasteiger partial charge in [-0.15, -0.1) is 0 Å². The molecule has 0 unspecified atom stereocenters. The molecule has 0 bridgehead atoms. The van der Waals surface area contributed by atoms with E-state index >= 15 is 0 Å². The first kappa shape index (κ1) is 12.4. The van der Waals surface area contributed by atoms with Crippen molar-refractivity contribution in [3.8, 4) is 17.2 Å². The Morgan fingerprint density at radius 2 is 2.17 bits per heavy atom. The molecule has 0 aliphatic heterocycles. The standard InChI is InChI=1S/C13H17N3O2/c1-8(2)6-12-15-13(18-16-12)9-4-5-11(17-3)10(14)7-9/h4-5,7-8H,6,14H2,1-3H3. The first-order chi connectivity index (χ1) is 8.60. The Morgan fingerprint density at radius 1 is 1.39 bits per heavy atom. The van der Waals surface area contributed by atoms with Gasteiger partial charge in [0.15, 0.2) is 5.82 Å². The second-order valence-corrected chi connectivity index (χ2v) is 4.57. The van der Waals surface area contributed by atoms with E-state index in [0.29, 0.717) is 23.2 Å². The molecule has 0 aliphatic rings. The summed E-state index contributed by atoms with van der Waals surface area (Å²) in [5.74, 6) is 2.34. The summed E-state index contributed by atoms with van der Waals surface area (Å²) in [6.07, 6.45) is 0.801. The molecule has 0 atom stereocenters. The minimum atomic E-state index is 0.486. The first-order valence-electron chi connectivity index (χ1n) is 5.86. The van der Waals surface area contributed by atoms with Crippen LogP contribution < -0.4 is 10.5 Å². The molecule has 0 amide bonds. The maximum Gasteiger partial charge on any atom is 0.257 e. The number of nitrogens with zero attached hydrogens (tertiary/aromatic N) is 2. The third kappa shape index (κ3) is 2.61. The Kier molecular flexibility index (Phi) is 3.50. The first-order valence-corrected chi connectivity index (χ1v) is 5.86. The van der Waals surface area contributed by atoms with E-state index in [0.717, 1.165) is 17.8 Å². The molecule has 0 spiro atoms. The lowest BCUT2D eigenvalue weighted by Gasteiger charge is -2.04. The Bertz CT molecular complexity index is 535. The molecule has 0 aliphatic carbocycles. The highest BCUT2D eigenvalue weighted by Crippen LogP contribution is 2.27. The Hall–Kier alpha value is -2.04. The molecule has 2 N–H and O–H groups in total. The van der Waals surface area contributed by atoms with Crippen LogP contribution in [0.5, 0.6) is 5.75 Å². The van der Waals surface area contributed by atoms with Gasteiger partial charge in [0.05, 0.1) is 12.8 Å². The Balaban J connectivity index is 2.26. The van der Waals surface area contributed by atoms with Gasteiger partial charge in [0.25, 0.3) is 5.89 Å². The van der Waals surface area contributed by atoms with Crippen molar-refractivity contribution >= 4 is 5.69 Å². The van der Waals surface area contributed by atoms with Gasteiger partial charge in [0, 0.05) is 12.0 Å². The van der Waals surface area contributed by atoms with Crippen LogP contribution in [0.25, 0.3) is 11.5 Å². The van der Waals surface area contributed by atoms with Gasteiger partial charge in [-0.2, -0.15) is 4.98 Å². The molecule has 0 radical (unpaired) electrons. The van der Waals surface area contributed by atoms with Crippen LogP contribution in [0, 0.1) is 5.92 Å². The number of anilines is 1. The molecule has 18 heavy (non-hydrogen) atoms. The number of aromatic nitrogens is 2. The van der Waals surface area contributed by atoms with E-state index in [-0.39, 0.29) is 0 Å². The molecular weight excluding hydrogens is 230 g/mol. The maximum absolute atomic E-state index is 5.84. The topological polar surface area (TPSA) is 74.2 Å². The van der Waals surface area contributed by atoms with Gasteiger partial charge in [-0.3, -0.25) is 0 Å². The van der Waals surface area contributed by atoms with Crippen molar-refractivity contribution in [2.24, 2.45) is 5.92 Å². The summed E-state index contributed by atoms with van der Waals surface area (Å²) in [5, 5.41) is 3.95. The smallest absolute Gasteiger partial charge is 0.257 e. The van der Waals surface area contributed by atoms with E-state index in [1.54, 1.807) is 19.2 Å². The van der Waals surface area contributed by atoms with Crippen molar-refractivity contribution in [3.05, 3.63) is 24.0 Å². The average molecular weight is 247 g/mol. The zero-order valence-electron chi connectivity index (χ0n) is 10.8. The fourth-order valence-electron chi connectivity index (χ4n) is 1.69. The van der Waals surface area contributed by atoms with Gasteiger partial charge in [0.2, 0.25) is 0 Å². The predicted octanol–water partition coefficient (Wildman–Crippen LogP) is 2.53. The van der Waals surface area contributed by atoms with Crippen LogP contribution in [0.15, 0.2) is 22.7 Å². The molecular formula is C13H17N3O2. The fourth-order valence-corrected chi connectivity index (χ4v) is 1.69. The highest BCUT2D eigenvalue weighted by molar-refractivity contribution is 5.65. The van der Waals surface area contributed by atoms with Crippen LogP contribution in [-0.4, -0.2) is 17.3 Å². The number of hydrogen-bond donors (Lipinski definition) is 1. The van der Waals surface area contributed by atoms with Crippen molar-refractivity contribution < 1.29 is 9.26 Å². The SMILES string of the molecule is COc1ccc(-c2nc(CC(C)C)no2)cc1N. The highest BCUT2D eigenvalue weighted by Gasteiger charge is 2.11. The van der Waals surface area contributed by atoms with Crippen LogP contribution >= 0.6 is 0 Å². The quantitative estimate of drug-likeness (QED) is 0.840. The van der Waals surface area contributed by atoms with Crippen LogP contribution in [0.4, 0.5) is 5.69 Å². The normalized spacial score (nSPS) is 10.9. The summed E-state index contributed by atoms with van der Waals surface area (Å²) in [6.45, 7) is 4.23. The summed E-state index contributed by atoms with van der Waals surface area (Å²) >= 11 is 0. The van der Waals surface area contributed by atoms with Crippen molar-refractivity contribution in [1.82, 2.24) is 10.1 Å². The molecule has 2 rings (SSSR count). The van der Waals surface area contributed by atoms with Gasteiger partial charge >= 0.3 is 0 Å². The zero-order valence-corrected chi connectivity index (χ0v) is 10.8. The largest absolute Gasteiger partial charge is 0.495 e. The van der Waals surface area contributed by atoms with Gasteiger partial charge in [-0.05, 0) is 24.1 Å². The highest BCUT2D eigenvalue weighted by atomic mass is 16.5. The van der Waals surface area contributed by atoms with Crippen LogP contribution in [0.1, 0.15) is 19.7 Å². The molecule has 1 aromatic heterocycles. The molecule has 5 heteroatoms. The summed E-state index contributed by atoms with van der Waals surface area (Å²) in [7, 11) is 1.58. The molecule has 0 saturated heterocycles. The predicted molar refractivity (Wildman–Crippen MR) is 69.2 cm³/mol. The molecule has 1 heterocycles. The fraction of sp³-hybridized carbons (Fsp3) is 0.385. The molecule has 5 nitrogen and oxygen atoms in total. The van der Waals surface area contributed by atoms with Gasteiger partial charge in [-0.1, -0.05) is 19.0 Å². The monoisotopic (exact) mass is 247 g/mol. The van der Waals surface area contributed by atoms with Crippen molar-refractivity contribution in [1.29, 1.82) is 0 Å². The third-order valence-electron chi connectivity index (χ3n) is 2.54. The number of methoxy groups -OCH3 is 1. The van der Waals surface area contributed by atoms with E-state index in [1.165, 1.54) is 0 Å². The maximum atomic E-state index is 5.84. The Morgan fingerprint density at radius 3 is 2.78 bits per heavy atom. The number of ether oxygens (including phenoxy) is 1. The van der Waals surface area contributed by atoms with E-state index in [1.807, 2.05) is 6.07 Å². The van der Waals surface area contributed by atoms with E-state index in [9.17, 15) is 0 Å². The van der Waals surface area contributed by atoms with Crippen LogP contribution in [0.2, 0.25) is 0 Å². The van der Waals surface area contributed by atoms with Crippen LogP contribution in [-0.2, 0) is 6.42 Å². The summed E-state index contributed by atoms with van der Waals surface area (Å²) in [6, 6.07) is 5.41. The van der Waals surface area contributed by atoms with Crippen molar-refractivity contribution in [2.75, 3.05) is 12.8 Å². The molecule has 0 fully saturated rings. The van der Waals surface area contributed by atoms with Crippen molar-refractivity contribution in [2.45, 2.75) is 20.3 Å². The summed E-state index contributed by atoms with van der Waals surface area (Å²) in [5.41, 5.74) is 7.20. The van der Waals surface area contributed by atoms with E-state index in [2.05, 4.69) is 24.0 Å².